The van der Waals surface area contributed by atoms with E-state index >= 15 is 0 Å². The van der Waals surface area contributed by atoms with E-state index < -0.39 is 5.97 Å². The Morgan fingerprint density at radius 3 is 2.54 bits per heavy atom. The predicted molar refractivity (Wildman–Crippen MR) is 102 cm³/mol. The standard InChI is InChI=1S/C20H23ClN2O3/c21-16-7-9-18(22-19(16)20(25)26)23-12-10-15(11-13-23)17(24)8-6-14-4-2-1-3-5-14/h1-5,7,9,15,17,24H,6,8,10-13H2,(H,25,26)/t17-/m1/s1. The zero-order chi connectivity index (χ0) is 18.5. The number of aromatic carboxylic acids is 1. The van der Waals surface area contributed by atoms with Gasteiger partial charge in [-0.2, -0.15) is 0 Å². The number of aromatic nitrogens is 1. The first kappa shape index (κ1) is 18.7. The first-order valence-corrected chi connectivity index (χ1v) is 9.29. The Bertz CT molecular complexity index is 746. The van der Waals surface area contributed by atoms with Gasteiger partial charge in [-0.3, -0.25) is 0 Å². The van der Waals surface area contributed by atoms with Crippen LogP contribution in [0, 0.1) is 5.92 Å². The number of carboxylic acids is 1. The molecule has 2 aromatic rings. The number of piperidine rings is 1. The van der Waals surface area contributed by atoms with Crippen molar-refractivity contribution in [3.63, 3.8) is 0 Å². The Kier molecular flexibility index (Phi) is 6.12. The molecule has 5 nitrogen and oxygen atoms in total. The summed E-state index contributed by atoms with van der Waals surface area (Å²) in [5.41, 5.74) is 1.13. The number of pyridine rings is 1. The summed E-state index contributed by atoms with van der Waals surface area (Å²) in [6.07, 6.45) is 3.05. The lowest BCUT2D eigenvalue weighted by atomic mass is 9.88. The maximum absolute atomic E-state index is 11.2. The van der Waals surface area contributed by atoms with Crippen molar-refractivity contribution >= 4 is 23.4 Å². The van der Waals surface area contributed by atoms with E-state index in [-0.39, 0.29) is 22.7 Å². The third-order valence-electron chi connectivity index (χ3n) is 5.01. The van der Waals surface area contributed by atoms with Gasteiger partial charge in [0.05, 0.1) is 11.1 Å². The minimum atomic E-state index is -1.12. The monoisotopic (exact) mass is 374 g/mol. The summed E-state index contributed by atoms with van der Waals surface area (Å²) >= 11 is 5.89. The minimum Gasteiger partial charge on any atom is -0.476 e. The van der Waals surface area contributed by atoms with E-state index in [4.69, 9.17) is 16.7 Å². The molecule has 0 amide bonds. The Morgan fingerprint density at radius 1 is 1.19 bits per heavy atom. The summed E-state index contributed by atoms with van der Waals surface area (Å²) in [4.78, 5) is 17.4. The van der Waals surface area contributed by atoms with Gasteiger partial charge in [0.25, 0.3) is 0 Å². The molecule has 1 aromatic heterocycles. The maximum atomic E-state index is 11.2. The number of halogens is 1. The molecule has 0 radical (unpaired) electrons. The van der Waals surface area contributed by atoms with Crippen molar-refractivity contribution < 1.29 is 15.0 Å². The molecule has 138 valence electrons. The molecule has 0 unspecified atom stereocenters. The lowest BCUT2D eigenvalue weighted by Gasteiger charge is -2.35. The molecular formula is C20H23ClN2O3. The first-order valence-electron chi connectivity index (χ1n) is 8.91. The Morgan fingerprint density at radius 2 is 1.88 bits per heavy atom. The normalized spacial score (nSPS) is 16.5. The summed E-state index contributed by atoms with van der Waals surface area (Å²) in [5, 5.41) is 19.8. The van der Waals surface area contributed by atoms with E-state index in [1.54, 1.807) is 12.1 Å². The number of anilines is 1. The van der Waals surface area contributed by atoms with Gasteiger partial charge in [-0.15, -0.1) is 0 Å². The number of nitrogens with zero attached hydrogens (tertiary/aromatic N) is 2. The van der Waals surface area contributed by atoms with Gasteiger partial charge < -0.3 is 15.1 Å². The molecule has 0 spiro atoms. The summed E-state index contributed by atoms with van der Waals surface area (Å²) in [6.45, 7) is 1.50. The number of benzene rings is 1. The zero-order valence-electron chi connectivity index (χ0n) is 14.5. The molecular weight excluding hydrogens is 352 g/mol. The second-order valence-electron chi connectivity index (χ2n) is 6.72. The van der Waals surface area contributed by atoms with Crippen LogP contribution < -0.4 is 4.90 Å². The van der Waals surface area contributed by atoms with E-state index in [1.165, 1.54) is 5.56 Å². The minimum absolute atomic E-state index is 0.116. The van der Waals surface area contributed by atoms with Gasteiger partial charge in [-0.1, -0.05) is 41.9 Å². The highest BCUT2D eigenvalue weighted by Crippen LogP contribution is 2.27. The molecule has 1 aliphatic rings. The van der Waals surface area contributed by atoms with Gasteiger partial charge in [0.1, 0.15) is 5.82 Å². The molecule has 1 saturated heterocycles. The van der Waals surface area contributed by atoms with E-state index in [2.05, 4.69) is 22.0 Å². The molecule has 26 heavy (non-hydrogen) atoms. The number of aryl methyl sites for hydroxylation is 1. The number of aliphatic hydroxyl groups excluding tert-OH is 1. The highest BCUT2D eigenvalue weighted by molar-refractivity contribution is 6.33. The third kappa shape index (κ3) is 4.54. The first-order chi connectivity index (χ1) is 12.5. The number of aliphatic hydroxyl groups is 1. The van der Waals surface area contributed by atoms with Crippen molar-refractivity contribution in [1.82, 2.24) is 4.98 Å². The van der Waals surface area contributed by atoms with Crippen LogP contribution in [0.2, 0.25) is 5.02 Å². The average molecular weight is 375 g/mol. The quantitative estimate of drug-likeness (QED) is 0.807. The summed E-state index contributed by atoms with van der Waals surface area (Å²) in [5.74, 6) is -0.228. The van der Waals surface area contributed by atoms with Crippen molar-refractivity contribution in [2.45, 2.75) is 31.8 Å². The number of carboxylic acid groups (broad SMARTS) is 1. The third-order valence-corrected chi connectivity index (χ3v) is 5.32. The Hall–Kier alpha value is -2.11. The van der Waals surface area contributed by atoms with Crippen LogP contribution in [0.15, 0.2) is 42.5 Å². The molecule has 3 rings (SSSR count). The van der Waals surface area contributed by atoms with Crippen LogP contribution in [0.1, 0.15) is 35.3 Å². The van der Waals surface area contributed by atoms with E-state index in [9.17, 15) is 9.90 Å². The molecule has 0 bridgehead atoms. The van der Waals surface area contributed by atoms with Crippen LogP contribution in [0.5, 0.6) is 0 Å². The van der Waals surface area contributed by atoms with Crippen LogP contribution in [0.3, 0.4) is 0 Å². The van der Waals surface area contributed by atoms with Crippen molar-refractivity contribution in [2.75, 3.05) is 18.0 Å². The molecule has 2 heterocycles. The Balaban J connectivity index is 1.54. The highest BCUT2D eigenvalue weighted by atomic mass is 35.5. The van der Waals surface area contributed by atoms with Crippen LogP contribution in [0.4, 0.5) is 5.82 Å². The van der Waals surface area contributed by atoms with Gasteiger partial charge in [0.2, 0.25) is 0 Å². The van der Waals surface area contributed by atoms with Crippen molar-refractivity contribution in [3.8, 4) is 0 Å². The molecule has 1 aromatic carbocycles. The van der Waals surface area contributed by atoms with E-state index in [0.29, 0.717) is 5.82 Å². The molecule has 1 aliphatic heterocycles. The van der Waals surface area contributed by atoms with Crippen LogP contribution >= 0.6 is 11.6 Å². The summed E-state index contributed by atoms with van der Waals surface area (Å²) in [6, 6.07) is 13.5. The predicted octanol–water partition coefficient (Wildman–Crippen LogP) is 3.64. The second-order valence-corrected chi connectivity index (χ2v) is 7.13. The fourth-order valence-corrected chi connectivity index (χ4v) is 3.65. The van der Waals surface area contributed by atoms with Crippen molar-refractivity contribution in [2.24, 2.45) is 5.92 Å². The fraction of sp³-hybridized carbons (Fsp3) is 0.400. The molecule has 0 aliphatic carbocycles. The van der Waals surface area contributed by atoms with Crippen molar-refractivity contribution in [3.05, 3.63) is 58.7 Å². The lowest BCUT2D eigenvalue weighted by molar-refractivity contribution is 0.0691. The van der Waals surface area contributed by atoms with Gasteiger partial charge >= 0.3 is 5.97 Å². The molecule has 1 fully saturated rings. The number of carbonyl (C=O) groups is 1. The van der Waals surface area contributed by atoms with Gasteiger partial charge in [0, 0.05) is 13.1 Å². The zero-order valence-corrected chi connectivity index (χ0v) is 15.3. The molecule has 2 N–H and O–H groups in total. The van der Waals surface area contributed by atoms with Gasteiger partial charge in [-0.25, -0.2) is 9.78 Å². The molecule has 0 saturated carbocycles. The summed E-state index contributed by atoms with van der Waals surface area (Å²) < 4.78 is 0. The largest absolute Gasteiger partial charge is 0.476 e. The number of hydrogen-bond acceptors (Lipinski definition) is 4. The number of rotatable bonds is 6. The average Bonchev–Trinajstić information content (AvgIpc) is 2.67. The van der Waals surface area contributed by atoms with Gasteiger partial charge in [0.15, 0.2) is 5.69 Å². The SMILES string of the molecule is O=C(O)c1nc(N2CCC([C@H](O)CCc3ccccc3)CC2)ccc1Cl. The Labute approximate surface area is 158 Å². The maximum Gasteiger partial charge on any atom is 0.356 e. The lowest BCUT2D eigenvalue weighted by Crippen LogP contribution is -2.38. The van der Waals surface area contributed by atoms with Crippen LogP contribution in [-0.4, -0.2) is 40.4 Å². The van der Waals surface area contributed by atoms with E-state index in [0.717, 1.165) is 38.8 Å². The van der Waals surface area contributed by atoms with Crippen LogP contribution in [0.25, 0.3) is 0 Å². The van der Waals surface area contributed by atoms with Crippen LogP contribution in [-0.2, 0) is 6.42 Å². The van der Waals surface area contributed by atoms with E-state index in [1.807, 2.05) is 18.2 Å². The fourth-order valence-electron chi connectivity index (χ4n) is 3.47. The van der Waals surface area contributed by atoms with Gasteiger partial charge in [-0.05, 0) is 49.3 Å². The molecule has 6 heteroatoms. The smallest absolute Gasteiger partial charge is 0.356 e. The molecule has 1 atom stereocenters. The van der Waals surface area contributed by atoms with Crippen molar-refractivity contribution in [1.29, 1.82) is 0 Å². The number of hydrogen-bond donors (Lipinski definition) is 2. The second kappa shape index (κ2) is 8.52. The topological polar surface area (TPSA) is 73.7 Å². The summed E-state index contributed by atoms with van der Waals surface area (Å²) in [7, 11) is 0. The highest BCUT2D eigenvalue weighted by Gasteiger charge is 2.26.